The van der Waals surface area contributed by atoms with Crippen molar-refractivity contribution in [2.75, 3.05) is 6.54 Å². The second-order valence-electron chi connectivity index (χ2n) is 5.64. The molecule has 1 aliphatic heterocycles. The van der Waals surface area contributed by atoms with Crippen molar-refractivity contribution in [2.24, 2.45) is 11.8 Å². The van der Waals surface area contributed by atoms with Crippen molar-refractivity contribution in [1.29, 1.82) is 0 Å². The molecule has 104 valence electrons. The summed E-state index contributed by atoms with van der Waals surface area (Å²) in [5.74, 6) is 1.58. The summed E-state index contributed by atoms with van der Waals surface area (Å²) in [5.41, 5.74) is 1.04. The summed E-state index contributed by atoms with van der Waals surface area (Å²) in [6, 6.07) is 3.71. The Morgan fingerprint density at radius 2 is 2.21 bits per heavy atom. The number of rotatable bonds is 3. The van der Waals surface area contributed by atoms with E-state index in [0.29, 0.717) is 30.0 Å². The summed E-state index contributed by atoms with van der Waals surface area (Å²) in [5, 5.41) is 0.491. The fourth-order valence-corrected chi connectivity index (χ4v) is 2.72. The van der Waals surface area contributed by atoms with E-state index in [1.54, 1.807) is 12.3 Å². The molecule has 4 heteroatoms. The van der Waals surface area contributed by atoms with Gasteiger partial charge in [0, 0.05) is 25.7 Å². The minimum Gasteiger partial charge on any atom is -0.338 e. The number of nitrogens with zero attached hydrogens (tertiary/aromatic N) is 2. The lowest BCUT2D eigenvalue weighted by atomic mass is 9.89. The van der Waals surface area contributed by atoms with Gasteiger partial charge in [0.05, 0.1) is 0 Å². The molecular formula is C15H21ClN2O. The summed E-state index contributed by atoms with van der Waals surface area (Å²) in [6.07, 6.45) is 4.54. The van der Waals surface area contributed by atoms with E-state index >= 15 is 0 Å². The zero-order valence-electron chi connectivity index (χ0n) is 11.6. The fraction of sp³-hybridized carbons (Fsp3) is 0.600. The Hall–Kier alpha value is -1.09. The molecule has 0 aliphatic carbocycles. The highest BCUT2D eigenvalue weighted by molar-refractivity contribution is 6.29. The maximum atomic E-state index is 12.1. The van der Waals surface area contributed by atoms with Gasteiger partial charge >= 0.3 is 0 Å². The van der Waals surface area contributed by atoms with E-state index in [9.17, 15) is 4.79 Å². The third-order valence-electron chi connectivity index (χ3n) is 3.96. The van der Waals surface area contributed by atoms with Crippen LogP contribution in [0.25, 0.3) is 0 Å². The maximum Gasteiger partial charge on any atom is 0.222 e. The van der Waals surface area contributed by atoms with Crippen LogP contribution in [-0.4, -0.2) is 22.3 Å². The summed E-state index contributed by atoms with van der Waals surface area (Å²) < 4.78 is 0. The zero-order valence-corrected chi connectivity index (χ0v) is 12.4. The summed E-state index contributed by atoms with van der Waals surface area (Å²) in [6.45, 7) is 5.99. The molecule has 2 heterocycles. The van der Waals surface area contributed by atoms with Gasteiger partial charge in [0.1, 0.15) is 5.15 Å². The molecule has 0 radical (unpaired) electrons. The number of carbonyl (C=O) groups is 1. The Labute approximate surface area is 120 Å². The van der Waals surface area contributed by atoms with Crippen molar-refractivity contribution in [1.82, 2.24) is 9.88 Å². The molecule has 1 aromatic heterocycles. The second-order valence-corrected chi connectivity index (χ2v) is 6.02. The van der Waals surface area contributed by atoms with Crippen LogP contribution in [0.3, 0.4) is 0 Å². The first kappa shape index (κ1) is 14.3. The highest BCUT2D eigenvalue weighted by Gasteiger charge is 2.24. The molecule has 1 saturated heterocycles. The third-order valence-corrected chi connectivity index (χ3v) is 4.18. The van der Waals surface area contributed by atoms with Crippen LogP contribution in [0.2, 0.25) is 5.15 Å². The molecule has 1 atom stereocenters. The Bertz CT molecular complexity index is 430. The smallest absolute Gasteiger partial charge is 0.222 e. The van der Waals surface area contributed by atoms with E-state index in [1.807, 2.05) is 11.0 Å². The number of likely N-dealkylation sites (tertiary alicyclic amines) is 1. The van der Waals surface area contributed by atoms with E-state index in [2.05, 4.69) is 18.8 Å². The normalized spacial score (nSPS) is 20.7. The minimum atomic E-state index is 0.262. The van der Waals surface area contributed by atoms with Crippen LogP contribution in [0.4, 0.5) is 0 Å². The molecule has 0 bridgehead atoms. The average Bonchev–Trinajstić information content (AvgIpc) is 2.55. The summed E-state index contributed by atoms with van der Waals surface area (Å²) in [7, 11) is 0. The van der Waals surface area contributed by atoms with Crippen molar-refractivity contribution >= 4 is 17.5 Å². The molecule has 3 nitrogen and oxygen atoms in total. The zero-order chi connectivity index (χ0) is 13.8. The first-order valence-corrected chi connectivity index (χ1v) is 7.32. The van der Waals surface area contributed by atoms with Gasteiger partial charge in [-0.25, -0.2) is 4.98 Å². The van der Waals surface area contributed by atoms with Crippen LogP contribution < -0.4 is 0 Å². The van der Waals surface area contributed by atoms with Crippen molar-refractivity contribution < 1.29 is 4.79 Å². The van der Waals surface area contributed by atoms with E-state index in [4.69, 9.17) is 11.6 Å². The predicted octanol–water partition coefficient (Wildman–Crippen LogP) is 3.52. The van der Waals surface area contributed by atoms with Crippen LogP contribution in [0.15, 0.2) is 18.3 Å². The van der Waals surface area contributed by atoms with E-state index in [-0.39, 0.29) is 5.91 Å². The molecule has 0 N–H and O–H groups in total. The molecule has 1 unspecified atom stereocenters. The van der Waals surface area contributed by atoms with E-state index < -0.39 is 0 Å². The van der Waals surface area contributed by atoms with Gasteiger partial charge in [-0.2, -0.15) is 0 Å². The second kappa shape index (κ2) is 6.38. The SMILES string of the molecule is CC(C)C1CCC(=O)N(Cc2ccc(Cl)nc2)CC1. The highest BCUT2D eigenvalue weighted by atomic mass is 35.5. The molecule has 19 heavy (non-hydrogen) atoms. The number of halogens is 1. The molecule has 0 aromatic carbocycles. The molecule has 0 spiro atoms. The average molecular weight is 281 g/mol. The van der Waals surface area contributed by atoms with Gasteiger partial charge in [-0.3, -0.25) is 4.79 Å². The number of hydrogen-bond acceptors (Lipinski definition) is 2. The van der Waals surface area contributed by atoms with E-state index in [1.165, 1.54) is 0 Å². The number of hydrogen-bond donors (Lipinski definition) is 0. The Morgan fingerprint density at radius 1 is 1.42 bits per heavy atom. The van der Waals surface area contributed by atoms with Gasteiger partial charge < -0.3 is 4.90 Å². The monoisotopic (exact) mass is 280 g/mol. The molecule has 2 rings (SSSR count). The lowest BCUT2D eigenvalue weighted by molar-refractivity contribution is -0.131. The standard InChI is InChI=1S/C15H21ClN2O/c1-11(2)13-4-6-15(19)18(8-7-13)10-12-3-5-14(16)17-9-12/h3,5,9,11,13H,4,6-8,10H2,1-2H3. The fourth-order valence-electron chi connectivity index (χ4n) is 2.61. The highest BCUT2D eigenvalue weighted by Crippen LogP contribution is 2.25. The van der Waals surface area contributed by atoms with Crippen molar-refractivity contribution in [2.45, 2.75) is 39.7 Å². The summed E-state index contributed by atoms with van der Waals surface area (Å²) in [4.78, 5) is 18.1. The molecule has 1 aliphatic rings. The van der Waals surface area contributed by atoms with E-state index in [0.717, 1.165) is 24.9 Å². The first-order valence-electron chi connectivity index (χ1n) is 6.94. The maximum absolute atomic E-state index is 12.1. The summed E-state index contributed by atoms with van der Waals surface area (Å²) >= 11 is 5.77. The molecule has 0 saturated carbocycles. The third kappa shape index (κ3) is 3.93. The van der Waals surface area contributed by atoms with Crippen LogP contribution in [0.5, 0.6) is 0 Å². The lowest BCUT2D eigenvalue weighted by Gasteiger charge is -2.21. The predicted molar refractivity (Wildman–Crippen MR) is 76.8 cm³/mol. The Kier molecular flexibility index (Phi) is 4.81. The van der Waals surface area contributed by atoms with Gasteiger partial charge in [0.2, 0.25) is 5.91 Å². The minimum absolute atomic E-state index is 0.262. The molecule has 1 fully saturated rings. The first-order chi connectivity index (χ1) is 9.06. The number of carbonyl (C=O) groups excluding carboxylic acids is 1. The van der Waals surface area contributed by atoms with Crippen LogP contribution in [0.1, 0.15) is 38.7 Å². The van der Waals surface area contributed by atoms with Gasteiger partial charge in [-0.15, -0.1) is 0 Å². The number of amides is 1. The van der Waals surface area contributed by atoms with Gasteiger partial charge in [-0.05, 0) is 36.3 Å². The van der Waals surface area contributed by atoms with Crippen LogP contribution >= 0.6 is 11.6 Å². The van der Waals surface area contributed by atoms with Crippen molar-refractivity contribution in [3.05, 3.63) is 29.0 Å². The topological polar surface area (TPSA) is 33.2 Å². The lowest BCUT2D eigenvalue weighted by Crippen LogP contribution is -2.29. The Balaban J connectivity index is 1.99. The molecule has 1 amide bonds. The quantitative estimate of drug-likeness (QED) is 0.794. The number of pyridine rings is 1. The van der Waals surface area contributed by atoms with Crippen molar-refractivity contribution in [3.63, 3.8) is 0 Å². The molecule has 1 aromatic rings. The van der Waals surface area contributed by atoms with Gasteiger partial charge in [0.15, 0.2) is 0 Å². The van der Waals surface area contributed by atoms with Gasteiger partial charge in [-0.1, -0.05) is 31.5 Å². The Morgan fingerprint density at radius 3 is 2.84 bits per heavy atom. The largest absolute Gasteiger partial charge is 0.338 e. The number of aromatic nitrogens is 1. The van der Waals surface area contributed by atoms with Gasteiger partial charge in [0.25, 0.3) is 0 Å². The molecular weight excluding hydrogens is 260 g/mol. The van der Waals surface area contributed by atoms with Crippen molar-refractivity contribution in [3.8, 4) is 0 Å². The van der Waals surface area contributed by atoms with Crippen LogP contribution in [-0.2, 0) is 11.3 Å². The van der Waals surface area contributed by atoms with Crippen LogP contribution in [0, 0.1) is 11.8 Å².